The molecule has 0 aliphatic heterocycles. The number of hydrogen-bond donors (Lipinski definition) is 2. The molecule has 5 heteroatoms. The molecule has 1 unspecified atom stereocenters. The van der Waals surface area contributed by atoms with E-state index in [0.29, 0.717) is 24.5 Å². The van der Waals surface area contributed by atoms with Crippen LogP contribution in [0.2, 0.25) is 0 Å². The second kappa shape index (κ2) is 8.19. The van der Waals surface area contributed by atoms with Crippen LogP contribution in [0.1, 0.15) is 30.0 Å². The number of nitrogens with two attached hydrogens (primary N) is 1. The van der Waals surface area contributed by atoms with E-state index in [1.165, 1.54) is 0 Å². The van der Waals surface area contributed by atoms with Gasteiger partial charge >= 0.3 is 5.97 Å². The van der Waals surface area contributed by atoms with E-state index in [0.717, 1.165) is 11.1 Å². The third-order valence-corrected chi connectivity index (χ3v) is 3.52. The number of rotatable bonds is 8. The maximum absolute atomic E-state index is 10.7. The summed E-state index contributed by atoms with van der Waals surface area (Å²) in [5.41, 5.74) is 7.90. The van der Waals surface area contributed by atoms with Crippen molar-refractivity contribution in [1.82, 2.24) is 0 Å². The Morgan fingerprint density at radius 1 is 1.17 bits per heavy atom. The van der Waals surface area contributed by atoms with E-state index in [-0.39, 0.29) is 6.42 Å². The third kappa shape index (κ3) is 4.72. The molecule has 0 saturated carbocycles. The van der Waals surface area contributed by atoms with Crippen molar-refractivity contribution in [3.05, 3.63) is 59.7 Å². The molecule has 0 radical (unpaired) electrons. The first-order valence-corrected chi connectivity index (χ1v) is 7.42. The van der Waals surface area contributed by atoms with Gasteiger partial charge in [-0.1, -0.05) is 42.5 Å². The van der Waals surface area contributed by atoms with Gasteiger partial charge in [0.25, 0.3) is 0 Å². The van der Waals surface area contributed by atoms with Gasteiger partial charge in [-0.15, -0.1) is 0 Å². The van der Waals surface area contributed by atoms with Crippen molar-refractivity contribution in [2.75, 3.05) is 7.11 Å². The van der Waals surface area contributed by atoms with Crippen molar-refractivity contribution < 1.29 is 19.4 Å². The Balaban J connectivity index is 2.14. The Morgan fingerprint density at radius 2 is 1.91 bits per heavy atom. The van der Waals surface area contributed by atoms with Crippen molar-refractivity contribution in [3.8, 4) is 11.5 Å². The molecule has 2 aromatic rings. The van der Waals surface area contributed by atoms with Gasteiger partial charge in [0.05, 0.1) is 7.11 Å². The molecule has 0 aliphatic rings. The smallest absolute Gasteiger partial charge is 0.303 e. The molecule has 5 nitrogen and oxygen atoms in total. The van der Waals surface area contributed by atoms with E-state index in [2.05, 4.69) is 0 Å². The second-order valence-corrected chi connectivity index (χ2v) is 5.19. The lowest BCUT2D eigenvalue weighted by Gasteiger charge is -2.18. The van der Waals surface area contributed by atoms with Crippen LogP contribution in [0.5, 0.6) is 11.5 Å². The third-order valence-electron chi connectivity index (χ3n) is 3.52. The largest absolute Gasteiger partial charge is 0.493 e. The highest BCUT2D eigenvalue weighted by atomic mass is 16.5. The van der Waals surface area contributed by atoms with Crippen LogP contribution in [-0.4, -0.2) is 18.2 Å². The van der Waals surface area contributed by atoms with E-state index in [9.17, 15) is 4.79 Å². The Labute approximate surface area is 135 Å². The number of ether oxygens (including phenoxy) is 2. The lowest BCUT2D eigenvalue weighted by molar-refractivity contribution is -0.137. The van der Waals surface area contributed by atoms with Crippen LogP contribution in [-0.2, 0) is 11.4 Å². The monoisotopic (exact) mass is 315 g/mol. The van der Waals surface area contributed by atoms with Gasteiger partial charge in [-0.2, -0.15) is 0 Å². The van der Waals surface area contributed by atoms with E-state index >= 15 is 0 Å². The molecule has 0 fully saturated rings. The van der Waals surface area contributed by atoms with E-state index in [1.807, 2.05) is 48.5 Å². The minimum atomic E-state index is -0.865. The highest BCUT2D eigenvalue weighted by Gasteiger charge is 2.17. The average molecular weight is 315 g/mol. The molecular weight excluding hydrogens is 294 g/mol. The summed E-state index contributed by atoms with van der Waals surface area (Å²) in [7, 11) is 1.55. The summed E-state index contributed by atoms with van der Waals surface area (Å²) in [6, 6.07) is 14.9. The number of hydrogen-bond acceptors (Lipinski definition) is 4. The van der Waals surface area contributed by atoms with E-state index < -0.39 is 12.0 Å². The van der Waals surface area contributed by atoms with Gasteiger partial charge in [0, 0.05) is 18.0 Å². The predicted molar refractivity (Wildman–Crippen MR) is 87.6 cm³/mol. The minimum absolute atomic E-state index is 0.0133. The number of carbonyl (C=O) groups is 1. The number of methoxy groups -OCH3 is 1. The zero-order valence-corrected chi connectivity index (χ0v) is 13.1. The number of benzene rings is 2. The fourth-order valence-electron chi connectivity index (χ4n) is 2.33. The molecular formula is C18H21NO4. The Morgan fingerprint density at radius 3 is 2.57 bits per heavy atom. The van der Waals surface area contributed by atoms with Crippen molar-refractivity contribution in [2.24, 2.45) is 5.73 Å². The number of para-hydroxylation sites is 1. The van der Waals surface area contributed by atoms with Gasteiger partial charge < -0.3 is 20.3 Å². The molecule has 2 aromatic carbocycles. The summed E-state index contributed by atoms with van der Waals surface area (Å²) in [5.74, 6) is 0.289. The quantitative estimate of drug-likeness (QED) is 0.782. The van der Waals surface area contributed by atoms with Gasteiger partial charge in [-0.05, 0) is 18.1 Å². The van der Waals surface area contributed by atoms with Crippen molar-refractivity contribution in [3.63, 3.8) is 0 Å². The van der Waals surface area contributed by atoms with E-state index in [4.69, 9.17) is 20.3 Å². The fraction of sp³-hybridized carbons (Fsp3) is 0.278. The van der Waals surface area contributed by atoms with Crippen molar-refractivity contribution in [2.45, 2.75) is 25.5 Å². The summed E-state index contributed by atoms with van der Waals surface area (Å²) in [5, 5.41) is 8.79. The molecule has 0 aliphatic carbocycles. The fourth-order valence-corrected chi connectivity index (χ4v) is 2.33. The van der Waals surface area contributed by atoms with Crippen molar-refractivity contribution in [1.29, 1.82) is 0 Å². The summed E-state index contributed by atoms with van der Waals surface area (Å²) >= 11 is 0. The van der Waals surface area contributed by atoms with Crippen LogP contribution >= 0.6 is 0 Å². The van der Waals surface area contributed by atoms with E-state index in [1.54, 1.807) is 7.11 Å². The zero-order valence-electron chi connectivity index (χ0n) is 13.1. The molecule has 0 saturated heterocycles. The van der Waals surface area contributed by atoms with Gasteiger partial charge in [-0.25, -0.2) is 0 Å². The molecule has 0 bridgehead atoms. The first kappa shape index (κ1) is 16.8. The number of carboxylic acid groups (broad SMARTS) is 1. The lowest BCUT2D eigenvalue weighted by Crippen LogP contribution is -2.14. The highest BCUT2D eigenvalue weighted by molar-refractivity contribution is 5.66. The molecule has 0 amide bonds. The molecule has 0 heterocycles. The minimum Gasteiger partial charge on any atom is -0.493 e. The molecule has 1 atom stereocenters. The summed E-state index contributed by atoms with van der Waals surface area (Å²) < 4.78 is 11.3. The topological polar surface area (TPSA) is 81.8 Å². The predicted octanol–water partition coefficient (Wildman–Crippen LogP) is 3.14. The average Bonchev–Trinajstić information content (AvgIpc) is 2.58. The molecule has 23 heavy (non-hydrogen) atoms. The van der Waals surface area contributed by atoms with Crippen molar-refractivity contribution >= 4 is 5.97 Å². The SMILES string of the molecule is COc1c(OCc2ccccc2)cccc1C(N)CCC(=O)O. The normalized spacial score (nSPS) is 11.7. The standard InChI is InChI=1S/C18H21NO4/c1-22-18-14(15(19)10-11-17(20)21)8-5-9-16(18)23-12-13-6-3-2-4-7-13/h2-9,15H,10-12,19H2,1H3,(H,20,21). The van der Waals surface area contributed by atoms with Crippen LogP contribution in [0.4, 0.5) is 0 Å². The van der Waals surface area contributed by atoms with Gasteiger partial charge in [0.1, 0.15) is 6.61 Å². The van der Waals surface area contributed by atoms with Crippen LogP contribution in [0.3, 0.4) is 0 Å². The first-order chi connectivity index (χ1) is 11.1. The maximum atomic E-state index is 10.7. The lowest BCUT2D eigenvalue weighted by atomic mass is 10.0. The molecule has 0 aromatic heterocycles. The molecule has 3 N–H and O–H groups in total. The van der Waals surface area contributed by atoms with Crippen LogP contribution < -0.4 is 15.2 Å². The van der Waals surface area contributed by atoms with Gasteiger partial charge in [-0.3, -0.25) is 4.79 Å². The Bertz CT molecular complexity index is 643. The van der Waals surface area contributed by atoms with Crippen LogP contribution in [0.25, 0.3) is 0 Å². The number of carboxylic acids is 1. The summed E-state index contributed by atoms with van der Waals surface area (Å²) in [6.45, 7) is 0.422. The first-order valence-electron chi connectivity index (χ1n) is 7.42. The summed E-state index contributed by atoms with van der Waals surface area (Å²) in [6.07, 6.45) is 0.354. The van der Waals surface area contributed by atoms with Crippen LogP contribution in [0, 0.1) is 0 Å². The maximum Gasteiger partial charge on any atom is 0.303 e. The Kier molecular flexibility index (Phi) is 6.00. The number of aliphatic carboxylic acids is 1. The molecule has 122 valence electrons. The zero-order chi connectivity index (χ0) is 16.7. The molecule has 2 rings (SSSR count). The summed E-state index contributed by atoms with van der Waals surface area (Å²) in [4.78, 5) is 10.7. The highest BCUT2D eigenvalue weighted by Crippen LogP contribution is 2.35. The van der Waals surface area contributed by atoms with Gasteiger partial charge in [0.15, 0.2) is 11.5 Å². The van der Waals surface area contributed by atoms with Gasteiger partial charge in [0.2, 0.25) is 0 Å². The molecule has 0 spiro atoms. The Hall–Kier alpha value is -2.53. The second-order valence-electron chi connectivity index (χ2n) is 5.19. The van der Waals surface area contributed by atoms with Crippen LogP contribution in [0.15, 0.2) is 48.5 Å².